The molecule has 0 radical (unpaired) electrons. The molecule has 4 heteroatoms. The third kappa shape index (κ3) is 4.77. The number of rotatable bonds is 7. The fourth-order valence-electron chi connectivity index (χ4n) is 3.06. The van der Waals surface area contributed by atoms with Gasteiger partial charge in [0.1, 0.15) is 0 Å². The summed E-state index contributed by atoms with van der Waals surface area (Å²) in [5, 5.41) is 12.7. The number of aliphatic carboxylic acids is 1. The molecule has 0 spiro atoms. The monoisotopic (exact) mass is 268 g/mol. The number of likely N-dealkylation sites (tertiary alicyclic amines) is 1. The maximum atomic E-state index is 11.0. The van der Waals surface area contributed by atoms with Crippen molar-refractivity contribution in [3.8, 4) is 0 Å². The van der Waals surface area contributed by atoms with Gasteiger partial charge >= 0.3 is 5.97 Å². The van der Waals surface area contributed by atoms with Crippen LogP contribution in [0, 0.1) is 11.8 Å². The van der Waals surface area contributed by atoms with E-state index in [0.717, 1.165) is 38.4 Å². The zero-order valence-corrected chi connectivity index (χ0v) is 12.3. The van der Waals surface area contributed by atoms with E-state index < -0.39 is 5.97 Å². The van der Waals surface area contributed by atoms with Crippen LogP contribution in [0.4, 0.5) is 0 Å². The smallest absolute Gasteiger partial charge is 0.303 e. The molecule has 110 valence electrons. The quantitative estimate of drug-likeness (QED) is 0.741. The average Bonchev–Trinajstić information content (AvgIpc) is 3.18. The first-order valence-corrected chi connectivity index (χ1v) is 7.77. The standard InChI is InChI=1S/C15H28N2O2/c1-3-11(2)17-9-13(7-15(18)19)6-14(10-17)16-8-12-4-5-12/h11-14,16H,3-10H2,1-2H3,(H,18,19). The summed E-state index contributed by atoms with van der Waals surface area (Å²) in [6, 6.07) is 1.04. The molecule has 1 aliphatic heterocycles. The second-order valence-electron chi connectivity index (χ2n) is 6.46. The molecule has 0 bridgehead atoms. The molecular weight excluding hydrogens is 240 g/mol. The van der Waals surface area contributed by atoms with E-state index in [2.05, 4.69) is 24.1 Å². The van der Waals surface area contributed by atoms with E-state index in [1.54, 1.807) is 0 Å². The molecule has 3 unspecified atom stereocenters. The van der Waals surface area contributed by atoms with Crippen LogP contribution in [0.3, 0.4) is 0 Å². The number of piperidine rings is 1. The van der Waals surface area contributed by atoms with E-state index in [9.17, 15) is 4.79 Å². The molecule has 1 saturated carbocycles. The lowest BCUT2D eigenvalue weighted by Crippen LogP contribution is -2.52. The summed E-state index contributed by atoms with van der Waals surface area (Å²) in [4.78, 5) is 13.4. The van der Waals surface area contributed by atoms with Crippen LogP contribution in [0.1, 0.15) is 46.0 Å². The molecule has 4 nitrogen and oxygen atoms in total. The van der Waals surface area contributed by atoms with Gasteiger partial charge in [0.2, 0.25) is 0 Å². The summed E-state index contributed by atoms with van der Waals surface area (Å²) in [5.74, 6) is 0.533. The lowest BCUT2D eigenvalue weighted by atomic mass is 9.90. The van der Waals surface area contributed by atoms with Crippen molar-refractivity contribution in [1.29, 1.82) is 0 Å². The Morgan fingerprint density at radius 1 is 1.37 bits per heavy atom. The van der Waals surface area contributed by atoms with Crippen molar-refractivity contribution in [2.45, 2.75) is 58.0 Å². The van der Waals surface area contributed by atoms with Gasteiger partial charge in [-0.2, -0.15) is 0 Å². The third-order valence-corrected chi connectivity index (χ3v) is 4.64. The number of nitrogens with one attached hydrogen (secondary N) is 1. The molecule has 2 rings (SSSR count). The first-order chi connectivity index (χ1) is 9.08. The Labute approximate surface area is 116 Å². The number of hydrogen-bond donors (Lipinski definition) is 2. The second-order valence-corrected chi connectivity index (χ2v) is 6.46. The first kappa shape index (κ1) is 14.8. The summed E-state index contributed by atoms with van der Waals surface area (Å²) in [6.07, 6.45) is 5.20. The number of nitrogens with zero attached hydrogens (tertiary/aromatic N) is 1. The Kier molecular flexibility index (Phi) is 5.22. The average molecular weight is 268 g/mol. The van der Waals surface area contributed by atoms with E-state index in [0.29, 0.717) is 24.4 Å². The van der Waals surface area contributed by atoms with Crippen molar-refractivity contribution >= 4 is 5.97 Å². The number of hydrogen-bond acceptors (Lipinski definition) is 3. The van der Waals surface area contributed by atoms with Crippen LogP contribution >= 0.6 is 0 Å². The molecule has 3 atom stereocenters. The van der Waals surface area contributed by atoms with Gasteiger partial charge in [-0.25, -0.2) is 0 Å². The molecule has 0 aromatic rings. The minimum absolute atomic E-state index is 0.303. The van der Waals surface area contributed by atoms with Gasteiger partial charge < -0.3 is 10.4 Å². The highest BCUT2D eigenvalue weighted by molar-refractivity contribution is 5.67. The van der Waals surface area contributed by atoms with Crippen LogP contribution in [-0.2, 0) is 4.79 Å². The Balaban J connectivity index is 1.87. The molecule has 1 saturated heterocycles. The van der Waals surface area contributed by atoms with Crippen LogP contribution in [-0.4, -0.2) is 47.7 Å². The Hall–Kier alpha value is -0.610. The van der Waals surface area contributed by atoms with Crippen molar-refractivity contribution in [3.05, 3.63) is 0 Å². The summed E-state index contributed by atoms with van der Waals surface area (Å²) < 4.78 is 0. The van der Waals surface area contributed by atoms with E-state index in [1.165, 1.54) is 12.8 Å². The number of carboxylic acid groups (broad SMARTS) is 1. The molecule has 1 heterocycles. The van der Waals surface area contributed by atoms with Crippen molar-refractivity contribution in [2.75, 3.05) is 19.6 Å². The summed E-state index contributed by atoms with van der Waals surface area (Å²) >= 11 is 0. The lowest BCUT2D eigenvalue weighted by Gasteiger charge is -2.41. The molecule has 2 aliphatic rings. The molecule has 1 aliphatic carbocycles. The summed E-state index contributed by atoms with van der Waals surface area (Å²) in [7, 11) is 0. The van der Waals surface area contributed by atoms with Crippen LogP contribution in [0.25, 0.3) is 0 Å². The minimum atomic E-state index is -0.656. The van der Waals surface area contributed by atoms with Crippen molar-refractivity contribution in [2.24, 2.45) is 11.8 Å². The molecule has 2 N–H and O–H groups in total. The summed E-state index contributed by atoms with van der Waals surface area (Å²) in [5.41, 5.74) is 0. The lowest BCUT2D eigenvalue weighted by molar-refractivity contribution is -0.138. The minimum Gasteiger partial charge on any atom is -0.481 e. The van der Waals surface area contributed by atoms with Gasteiger partial charge in [0.25, 0.3) is 0 Å². The maximum absolute atomic E-state index is 11.0. The van der Waals surface area contributed by atoms with Gasteiger partial charge in [0.15, 0.2) is 0 Å². The molecule has 19 heavy (non-hydrogen) atoms. The van der Waals surface area contributed by atoms with Gasteiger partial charge in [-0.1, -0.05) is 6.92 Å². The van der Waals surface area contributed by atoms with Crippen LogP contribution in [0.2, 0.25) is 0 Å². The van der Waals surface area contributed by atoms with E-state index in [1.807, 2.05) is 0 Å². The fraction of sp³-hybridized carbons (Fsp3) is 0.933. The van der Waals surface area contributed by atoms with Gasteiger partial charge in [-0.15, -0.1) is 0 Å². The Bertz CT molecular complexity index is 305. The van der Waals surface area contributed by atoms with Gasteiger partial charge in [-0.3, -0.25) is 9.69 Å². The van der Waals surface area contributed by atoms with Gasteiger partial charge in [-0.05, 0) is 51.0 Å². The zero-order valence-electron chi connectivity index (χ0n) is 12.3. The van der Waals surface area contributed by atoms with Gasteiger partial charge in [0, 0.05) is 31.6 Å². The summed E-state index contributed by atoms with van der Waals surface area (Å²) in [6.45, 7) is 7.61. The van der Waals surface area contributed by atoms with Crippen molar-refractivity contribution in [1.82, 2.24) is 10.2 Å². The van der Waals surface area contributed by atoms with E-state index in [-0.39, 0.29) is 0 Å². The second kappa shape index (κ2) is 6.71. The van der Waals surface area contributed by atoms with Crippen molar-refractivity contribution < 1.29 is 9.90 Å². The highest BCUT2D eigenvalue weighted by Gasteiger charge is 2.31. The SMILES string of the molecule is CCC(C)N1CC(CC(=O)O)CC(NCC2CC2)C1. The van der Waals surface area contributed by atoms with Crippen LogP contribution in [0.5, 0.6) is 0 Å². The third-order valence-electron chi connectivity index (χ3n) is 4.64. The molecular formula is C15H28N2O2. The Morgan fingerprint density at radius 2 is 2.11 bits per heavy atom. The molecule has 0 amide bonds. The molecule has 2 fully saturated rings. The maximum Gasteiger partial charge on any atom is 0.303 e. The van der Waals surface area contributed by atoms with Crippen LogP contribution in [0.15, 0.2) is 0 Å². The topological polar surface area (TPSA) is 52.6 Å². The van der Waals surface area contributed by atoms with E-state index >= 15 is 0 Å². The Morgan fingerprint density at radius 3 is 2.68 bits per heavy atom. The largest absolute Gasteiger partial charge is 0.481 e. The van der Waals surface area contributed by atoms with Crippen LogP contribution < -0.4 is 5.32 Å². The molecule has 0 aromatic carbocycles. The highest BCUT2D eigenvalue weighted by Crippen LogP contribution is 2.29. The number of carbonyl (C=O) groups is 1. The fourth-order valence-corrected chi connectivity index (χ4v) is 3.06. The highest BCUT2D eigenvalue weighted by atomic mass is 16.4. The normalized spacial score (nSPS) is 30.2. The molecule has 0 aromatic heterocycles. The predicted octanol–water partition coefficient (Wildman–Crippen LogP) is 1.95. The van der Waals surface area contributed by atoms with E-state index in [4.69, 9.17) is 5.11 Å². The first-order valence-electron chi connectivity index (χ1n) is 7.77. The predicted molar refractivity (Wildman–Crippen MR) is 76.2 cm³/mol. The zero-order chi connectivity index (χ0) is 13.8. The number of carboxylic acids is 1. The van der Waals surface area contributed by atoms with Gasteiger partial charge in [0.05, 0.1) is 0 Å². The van der Waals surface area contributed by atoms with Crippen molar-refractivity contribution in [3.63, 3.8) is 0 Å².